The van der Waals surface area contributed by atoms with E-state index in [1.54, 1.807) is 0 Å². The summed E-state index contributed by atoms with van der Waals surface area (Å²) in [6.45, 7) is 4.36. The van der Waals surface area contributed by atoms with Crippen molar-refractivity contribution in [3.63, 3.8) is 0 Å². The largest absolute Gasteiger partial charge is 0.393 e. The Kier molecular flexibility index (Phi) is 34.5. The van der Waals surface area contributed by atoms with Gasteiger partial charge in [-0.2, -0.15) is 0 Å². The number of hydrogen-bond donors (Lipinski definition) is 1. The first-order valence-electron chi connectivity index (χ1n) is 17.9. The number of hydrogen-bond acceptors (Lipinski definition) is 1. The first kappa shape index (κ1) is 38.2. The molecule has 39 heavy (non-hydrogen) atoms. The van der Waals surface area contributed by atoms with E-state index in [0.717, 1.165) is 12.8 Å². The molecule has 0 aliphatic heterocycles. The van der Waals surface area contributed by atoms with Crippen molar-refractivity contribution in [1.29, 1.82) is 0 Å². The molecule has 0 heterocycles. The van der Waals surface area contributed by atoms with Crippen LogP contribution in [0.4, 0.5) is 0 Å². The fraction of sp³-hybridized carbons (Fsp3) is 0.842. The van der Waals surface area contributed by atoms with Crippen LogP contribution in [0, 0.1) is 0 Å². The van der Waals surface area contributed by atoms with Crippen LogP contribution in [0.2, 0.25) is 0 Å². The summed E-state index contributed by atoms with van der Waals surface area (Å²) in [5.41, 5.74) is 0. The van der Waals surface area contributed by atoms with Crippen LogP contribution in [0.3, 0.4) is 0 Å². The topological polar surface area (TPSA) is 20.2 Å². The average molecular weight is 545 g/mol. The molecule has 0 aliphatic carbocycles. The van der Waals surface area contributed by atoms with Gasteiger partial charge in [0.25, 0.3) is 0 Å². The van der Waals surface area contributed by atoms with Crippen LogP contribution in [0.5, 0.6) is 0 Å². The summed E-state index contributed by atoms with van der Waals surface area (Å²) in [5, 5.41) is 9.55. The van der Waals surface area contributed by atoms with Gasteiger partial charge in [-0.3, -0.25) is 0 Å². The number of unbranched alkanes of at least 4 members (excludes halogenated alkanes) is 23. The molecule has 1 unspecified atom stereocenters. The standard InChI is InChI=1S/C38H72O/c1-3-5-6-7-8-9-10-11-12-13-14-15-16-17-18-19-20-21-22-23-24-25-26-27-28-29-30-31-32-33-34-35-36-37-38(39)4-2/h17-18,24-25,31-32,38-39H,3-16,19-23,26-30,33-37H2,1-2H3/b18-17+,25-24+,32-31+. The van der Waals surface area contributed by atoms with E-state index in [0.29, 0.717) is 0 Å². The van der Waals surface area contributed by atoms with Crippen molar-refractivity contribution in [3.8, 4) is 0 Å². The lowest BCUT2D eigenvalue weighted by atomic mass is 10.0. The Morgan fingerprint density at radius 1 is 0.359 bits per heavy atom. The lowest BCUT2D eigenvalue weighted by Crippen LogP contribution is -2.03. The van der Waals surface area contributed by atoms with Gasteiger partial charge in [-0.1, -0.05) is 147 Å². The fourth-order valence-corrected chi connectivity index (χ4v) is 5.24. The Morgan fingerprint density at radius 3 is 0.923 bits per heavy atom. The van der Waals surface area contributed by atoms with Gasteiger partial charge in [0, 0.05) is 0 Å². The molecular weight excluding hydrogens is 472 g/mol. The van der Waals surface area contributed by atoms with E-state index in [2.05, 4.69) is 50.3 Å². The minimum Gasteiger partial charge on any atom is -0.393 e. The molecule has 0 aromatic heterocycles. The van der Waals surface area contributed by atoms with Crippen molar-refractivity contribution in [2.45, 2.75) is 206 Å². The van der Waals surface area contributed by atoms with E-state index in [1.165, 1.54) is 173 Å². The van der Waals surface area contributed by atoms with Gasteiger partial charge >= 0.3 is 0 Å². The Hall–Kier alpha value is -0.820. The molecular formula is C38H72O. The van der Waals surface area contributed by atoms with E-state index < -0.39 is 0 Å². The third kappa shape index (κ3) is 35.2. The first-order chi connectivity index (χ1) is 19.3. The van der Waals surface area contributed by atoms with Crippen LogP contribution in [-0.4, -0.2) is 11.2 Å². The summed E-state index contributed by atoms with van der Waals surface area (Å²) in [7, 11) is 0. The summed E-state index contributed by atoms with van der Waals surface area (Å²) in [6.07, 6.45) is 52.9. The lowest BCUT2D eigenvalue weighted by molar-refractivity contribution is 0.156. The molecule has 0 amide bonds. The molecule has 1 atom stereocenters. The molecule has 0 rings (SSSR count). The van der Waals surface area contributed by atoms with Gasteiger partial charge in [0.15, 0.2) is 0 Å². The van der Waals surface area contributed by atoms with Crippen LogP contribution >= 0.6 is 0 Å². The summed E-state index contributed by atoms with van der Waals surface area (Å²) in [4.78, 5) is 0. The van der Waals surface area contributed by atoms with Gasteiger partial charge in [0.05, 0.1) is 6.10 Å². The monoisotopic (exact) mass is 545 g/mol. The molecule has 0 bridgehead atoms. The van der Waals surface area contributed by atoms with Crippen molar-refractivity contribution < 1.29 is 5.11 Å². The Labute approximate surface area is 247 Å². The Bertz CT molecular complexity index is 517. The third-order valence-electron chi connectivity index (χ3n) is 8.09. The number of aliphatic hydroxyl groups is 1. The van der Waals surface area contributed by atoms with E-state index >= 15 is 0 Å². The van der Waals surface area contributed by atoms with Crippen molar-refractivity contribution >= 4 is 0 Å². The van der Waals surface area contributed by atoms with Crippen molar-refractivity contribution in [3.05, 3.63) is 36.5 Å². The predicted molar refractivity (Wildman–Crippen MR) is 179 cm³/mol. The molecule has 1 heteroatoms. The first-order valence-corrected chi connectivity index (χ1v) is 17.9. The summed E-state index contributed by atoms with van der Waals surface area (Å²) in [6, 6.07) is 0. The molecule has 0 radical (unpaired) electrons. The fourth-order valence-electron chi connectivity index (χ4n) is 5.24. The number of aliphatic hydroxyl groups excluding tert-OH is 1. The molecule has 0 aliphatic rings. The summed E-state index contributed by atoms with van der Waals surface area (Å²) >= 11 is 0. The van der Waals surface area contributed by atoms with Crippen LogP contribution in [0.1, 0.15) is 200 Å². The zero-order valence-corrected chi connectivity index (χ0v) is 27.0. The van der Waals surface area contributed by atoms with Crippen molar-refractivity contribution in [1.82, 2.24) is 0 Å². The Morgan fingerprint density at radius 2 is 0.615 bits per heavy atom. The quantitative estimate of drug-likeness (QED) is 0.0659. The normalized spacial score (nSPS) is 13.0. The highest BCUT2D eigenvalue weighted by molar-refractivity contribution is 4.84. The molecule has 0 fully saturated rings. The minimum atomic E-state index is -0.0773. The molecule has 230 valence electrons. The highest BCUT2D eigenvalue weighted by Crippen LogP contribution is 2.13. The van der Waals surface area contributed by atoms with Gasteiger partial charge in [0.2, 0.25) is 0 Å². The molecule has 0 saturated heterocycles. The second kappa shape index (κ2) is 35.2. The van der Waals surface area contributed by atoms with Gasteiger partial charge in [-0.05, 0) is 89.9 Å². The second-order valence-corrected chi connectivity index (χ2v) is 12.1. The van der Waals surface area contributed by atoms with Crippen LogP contribution in [-0.2, 0) is 0 Å². The smallest absolute Gasteiger partial charge is 0.0537 e. The third-order valence-corrected chi connectivity index (χ3v) is 8.09. The minimum absolute atomic E-state index is 0.0773. The average Bonchev–Trinajstić information content (AvgIpc) is 2.95. The molecule has 0 aromatic carbocycles. The molecule has 0 spiro atoms. The van der Waals surface area contributed by atoms with Crippen LogP contribution in [0.15, 0.2) is 36.5 Å². The predicted octanol–water partition coefficient (Wildman–Crippen LogP) is 13.4. The maximum absolute atomic E-state index is 9.55. The van der Waals surface area contributed by atoms with Crippen molar-refractivity contribution in [2.75, 3.05) is 0 Å². The molecule has 0 saturated carbocycles. The second-order valence-electron chi connectivity index (χ2n) is 12.1. The zero-order valence-electron chi connectivity index (χ0n) is 27.0. The summed E-state index contributed by atoms with van der Waals surface area (Å²) in [5.74, 6) is 0. The number of allylic oxidation sites excluding steroid dienone is 6. The highest BCUT2D eigenvalue weighted by atomic mass is 16.3. The van der Waals surface area contributed by atoms with E-state index in [-0.39, 0.29) is 6.10 Å². The van der Waals surface area contributed by atoms with Crippen molar-refractivity contribution in [2.24, 2.45) is 0 Å². The summed E-state index contributed by atoms with van der Waals surface area (Å²) < 4.78 is 0. The van der Waals surface area contributed by atoms with E-state index in [1.807, 2.05) is 0 Å². The van der Waals surface area contributed by atoms with Gasteiger partial charge < -0.3 is 5.11 Å². The maximum atomic E-state index is 9.55. The van der Waals surface area contributed by atoms with Gasteiger partial charge in [-0.25, -0.2) is 0 Å². The maximum Gasteiger partial charge on any atom is 0.0537 e. The molecule has 1 N–H and O–H groups in total. The highest BCUT2D eigenvalue weighted by Gasteiger charge is 1.99. The Balaban J connectivity index is 3.20. The van der Waals surface area contributed by atoms with Crippen LogP contribution in [0.25, 0.3) is 0 Å². The lowest BCUT2D eigenvalue weighted by Gasteiger charge is -2.05. The van der Waals surface area contributed by atoms with E-state index in [9.17, 15) is 5.11 Å². The van der Waals surface area contributed by atoms with Gasteiger partial charge in [-0.15, -0.1) is 0 Å². The van der Waals surface area contributed by atoms with Gasteiger partial charge in [0.1, 0.15) is 0 Å². The van der Waals surface area contributed by atoms with E-state index in [4.69, 9.17) is 0 Å². The zero-order chi connectivity index (χ0) is 28.3. The molecule has 0 aromatic rings. The molecule has 1 nitrogen and oxygen atoms in total. The number of rotatable bonds is 32. The SMILES string of the molecule is CCCCCCCCCCCCCC/C=C/CCCCC/C=C/CCCCC/C=C/CCCCCC(O)CC. The van der Waals surface area contributed by atoms with Crippen LogP contribution < -0.4 is 0 Å².